The van der Waals surface area contributed by atoms with E-state index < -0.39 is 0 Å². The lowest BCUT2D eigenvalue weighted by atomic mass is 9.85. The second kappa shape index (κ2) is 5.28. The van der Waals surface area contributed by atoms with Crippen LogP contribution in [0.4, 0.5) is 5.69 Å². The number of benzene rings is 1. The minimum Gasteiger partial charge on any atom is -0.370 e. The number of hydrogen-bond acceptors (Lipinski definition) is 2. The van der Waals surface area contributed by atoms with Crippen LogP contribution in [0.3, 0.4) is 0 Å². The van der Waals surface area contributed by atoms with Crippen LogP contribution in [0.2, 0.25) is 5.02 Å². The Morgan fingerprint density at radius 3 is 2.47 bits per heavy atom. The van der Waals surface area contributed by atoms with Crippen molar-refractivity contribution in [2.75, 3.05) is 18.0 Å². The molecule has 1 aromatic carbocycles. The smallest absolute Gasteiger partial charge is 0.0407 e. The Bertz CT molecular complexity index is 361. The Morgan fingerprint density at radius 1 is 1.24 bits per heavy atom. The molecular weight excluding hydrogens is 232 g/mol. The summed E-state index contributed by atoms with van der Waals surface area (Å²) < 4.78 is 0. The fourth-order valence-electron chi connectivity index (χ4n) is 2.52. The molecule has 2 rings (SSSR count). The summed E-state index contributed by atoms with van der Waals surface area (Å²) >= 11 is 5.92. The van der Waals surface area contributed by atoms with Crippen LogP contribution >= 0.6 is 11.6 Å². The summed E-state index contributed by atoms with van der Waals surface area (Å²) in [6.07, 6.45) is 1.14. The number of nitrogens with zero attached hydrogens (tertiary/aromatic N) is 1. The second-order valence-corrected chi connectivity index (χ2v) is 5.82. The van der Waals surface area contributed by atoms with Crippen LogP contribution in [0.15, 0.2) is 24.3 Å². The predicted molar refractivity (Wildman–Crippen MR) is 74.6 cm³/mol. The van der Waals surface area contributed by atoms with Crippen molar-refractivity contribution in [2.24, 2.45) is 17.6 Å². The maximum Gasteiger partial charge on any atom is 0.0407 e. The van der Waals surface area contributed by atoms with Gasteiger partial charge >= 0.3 is 0 Å². The lowest BCUT2D eigenvalue weighted by molar-refractivity contribution is 0.298. The van der Waals surface area contributed by atoms with E-state index in [1.165, 1.54) is 5.69 Å². The molecule has 1 aliphatic rings. The predicted octanol–water partition coefficient (Wildman–Crippen LogP) is 3.15. The molecule has 0 amide bonds. The SMILES string of the molecule is CC(C)C1CC(N)CN(c2ccc(Cl)cc2)C1. The van der Waals surface area contributed by atoms with Crippen molar-refractivity contribution in [3.63, 3.8) is 0 Å². The number of hydrogen-bond donors (Lipinski definition) is 1. The van der Waals surface area contributed by atoms with Crippen molar-refractivity contribution in [3.8, 4) is 0 Å². The van der Waals surface area contributed by atoms with E-state index in [-0.39, 0.29) is 6.04 Å². The highest BCUT2D eigenvalue weighted by atomic mass is 35.5. The van der Waals surface area contributed by atoms with Gasteiger partial charge in [-0.3, -0.25) is 0 Å². The minimum absolute atomic E-state index is 0.284. The fraction of sp³-hybridized carbons (Fsp3) is 0.571. The van der Waals surface area contributed by atoms with Crippen molar-refractivity contribution in [1.29, 1.82) is 0 Å². The van der Waals surface area contributed by atoms with E-state index in [0.717, 1.165) is 24.5 Å². The second-order valence-electron chi connectivity index (χ2n) is 5.38. The molecule has 1 heterocycles. The average Bonchev–Trinajstić information content (AvgIpc) is 2.29. The normalized spacial score (nSPS) is 25.4. The molecule has 17 heavy (non-hydrogen) atoms. The average molecular weight is 253 g/mol. The van der Waals surface area contributed by atoms with Gasteiger partial charge in [0.1, 0.15) is 0 Å². The van der Waals surface area contributed by atoms with Crippen LogP contribution in [-0.2, 0) is 0 Å². The molecule has 0 saturated carbocycles. The summed E-state index contributed by atoms with van der Waals surface area (Å²) in [5.41, 5.74) is 7.38. The van der Waals surface area contributed by atoms with Gasteiger partial charge in [-0.05, 0) is 42.5 Å². The molecule has 1 aromatic rings. The maximum atomic E-state index is 6.15. The first-order chi connectivity index (χ1) is 8.06. The van der Waals surface area contributed by atoms with Crippen molar-refractivity contribution >= 4 is 17.3 Å². The molecule has 1 aliphatic heterocycles. The van der Waals surface area contributed by atoms with E-state index in [4.69, 9.17) is 17.3 Å². The molecule has 0 aromatic heterocycles. The molecule has 3 heteroatoms. The molecule has 0 radical (unpaired) electrons. The Kier molecular flexibility index (Phi) is 3.95. The van der Waals surface area contributed by atoms with Gasteiger partial charge in [0.05, 0.1) is 0 Å². The van der Waals surface area contributed by atoms with Gasteiger partial charge in [-0.1, -0.05) is 25.4 Å². The number of halogens is 1. The third-order valence-corrected chi connectivity index (χ3v) is 3.90. The van der Waals surface area contributed by atoms with Gasteiger partial charge in [0.25, 0.3) is 0 Å². The highest BCUT2D eigenvalue weighted by molar-refractivity contribution is 6.30. The molecule has 1 saturated heterocycles. The summed E-state index contributed by atoms with van der Waals surface area (Å²) in [4.78, 5) is 2.38. The van der Waals surface area contributed by atoms with Crippen molar-refractivity contribution in [2.45, 2.75) is 26.3 Å². The summed E-state index contributed by atoms with van der Waals surface area (Å²) in [6, 6.07) is 8.34. The van der Waals surface area contributed by atoms with Gasteiger partial charge in [0, 0.05) is 29.8 Å². The quantitative estimate of drug-likeness (QED) is 0.876. The monoisotopic (exact) mass is 252 g/mol. The molecule has 2 N–H and O–H groups in total. The highest BCUT2D eigenvalue weighted by Gasteiger charge is 2.27. The maximum absolute atomic E-state index is 6.15. The molecule has 0 aliphatic carbocycles. The van der Waals surface area contributed by atoms with E-state index >= 15 is 0 Å². The van der Waals surface area contributed by atoms with E-state index in [0.29, 0.717) is 11.8 Å². The summed E-state index contributed by atoms with van der Waals surface area (Å²) in [5.74, 6) is 1.38. The standard InChI is InChI=1S/C14H21ClN2/c1-10(2)11-7-13(16)9-17(8-11)14-5-3-12(15)4-6-14/h3-6,10-11,13H,7-9,16H2,1-2H3. The Hall–Kier alpha value is -0.730. The van der Waals surface area contributed by atoms with Crippen LogP contribution in [0, 0.1) is 11.8 Å². The molecule has 0 spiro atoms. The highest BCUT2D eigenvalue weighted by Crippen LogP contribution is 2.27. The lowest BCUT2D eigenvalue weighted by Crippen LogP contribution is -2.48. The van der Waals surface area contributed by atoms with Gasteiger partial charge < -0.3 is 10.6 Å². The van der Waals surface area contributed by atoms with E-state index in [9.17, 15) is 0 Å². The van der Waals surface area contributed by atoms with Gasteiger partial charge in [-0.15, -0.1) is 0 Å². The van der Waals surface area contributed by atoms with Gasteiger partial charge in [0.15, 0.2) is 0 Å². The summed E-state index contributed by atoms with van der Waals surface area (Å²) in [6.45, 7) is 6.61. The fourth-order valence-corrected chi connectivity index (χ4v) is 2.65. The number of anilines is 1. The Morgan fingerprint density at radius 2 is 1.88 bits per heavy atom. The molecule has 0 bridgehead atoms. The van der Waals surface area contributed by atoms with Gasteiger partial charge in [-0.25, -0.2) is 0 Å². The largest absolute Gasteiger partial charge is 0.370 e. The summed E-state index contributed by atoms with van der Waals surface area (Å²) in [7, 11) is 0. The lowest BCUT2D eigenvalue weighted by Gasteiger charge is -2.39. The number of rotatable bonds is 2. The summed E-state index contributed by atoms with van der Waals surface area (Å²) in [5, 5.41) is 0.787. The molecule has 2 nitrogen and oxygen atoms in total. The van der Waals surface area contributed by atoms with Crippen molar-refractivity contribution < 1.29 is 0 Å². The van der Waals surface area contributed by atoms with E-state index in [2.05, 4.69) is 30.9 Å². The first kappa shape index (κ1) is 12.7. The number of nitrogens with two attached hydrogens (primary N) is 1. The van der Waals surface area contributed by atoms with E-state index in [1.807, 2.05) is 12.1 Å². The molecule has 2 atom stereocenters. The molecule has 2 unspecified atom stereocenters. The number of piperidine rings is 1. The zero-order valence-corrected chi connectivity index (χ0v) is 11.3. The Balaban J connectivity index is 2.12. The zero-order valence-electron chi connectivity index (χ0n) is 10.6. The topological polar surface area (TPSA) is 29.3 Å². The van der Waals surface area contributed by atoms with Gasteiger partial charge in [-0.2, -0.15) is 0 Å². The zero-order chi connectivity index (χ0) is 12.4. The minimum atomic E-state index is 0.284. The first-order valence-electron chi connectivity index (χ1n) is 6.32. The molecule has 1 fully saturated rings. The van der Waals surface area contributed by atoms with Crippen LogP contribution < -0.4 is 10.6 Å². The first-order valence-corrected chi connectivity index (χ1v) is 6.70. The van der Waals surface area contributed by atoms with E-state index in [1.54, 1.807) is 0 Å². The third-order valence-electron chi connectivity index (χ3n) is 3.65. The van der Waals surface area contributed by atoms with Crippen molar-refractivity contribution in [1.82, 2.24) is 0 Å². The molecule has 94 valence electrons. The van der Waals surface area contributed by atoms with Crippen LogP contribution in [0.5, 0.6) is 0 Å². The van der Waals surface area contributed by atoms with Gasteiger partial charge in [0.2, 0.25) is 0 Å². The van der Waals surface area contributed by atoms with Crippen molar-refractivity contribution in [3.05, 3.63) is 29.3 Å². The third kappa shape index (κ3) is 3.14. The van der Waals surface area contributed by atoms with Crippen LogP contribution in [-0.4, -0.2) is 19.1 Å². The van der Waals surface area contributed by atoms with Crippen LogP contribution in [0.25, 0.3) is 0 Å². The molecular formula is C14H21ClN2. The van der Waals surface area contributed by atoms with Crippen LogP contribution in [0.1, 0.15) is 20.3 Å². The Labute approximate surface area is 109 Å².